The summed E-state index contributed by atoms with van der Waals surface area (Å²) in [6, 6.07) is 0. The minimum Gasteiger partial charge on any atom is -0.388 e. The zero-order chi connectivity index (χ0) is 10.8. The molecule has 2 rings (SSSR count). The Kier molecular flexibility index (Phi) is 2.83. The molecule has 1 fully saturated rings. The van der Waals surface area contributed by atoms with Gasteiger partial charge in [-0.3, -0.25) is 9.69 Å². The van der Waals surface area contributed by atoms with E-state index in [2.05, 4.69) is 9.59 Å². The molecule has 2 heterocycles. The minimum absolute atomic E-state index is 0.142. The highest BCUT2D eigenvalue weighted by Crippen LogP contribution is 2.15. The highest BCUT2D eigenvalue weighted by Gasteiger charge is 2.22. The topological polar surface area (TPSA) is 75.3 Å². The van der Waals surface area contributed by atoms with Gasteiger partial charge in [-0.1, -0.05) is 4.49 Å². The first kappa shape index (κ1) is 10.3. The molecule has 0 atom stereocenters. The number of piperazine rings is 1. The lowest BCUT2D eigenvalue weighted by Crippen LogP contribution is -2.48. The zero-order valence-electron chi connectivity index (χ0n) is 8.51. The summed E-state index contributed by atoms with van der Waals surface area (Å²) in [5.74, 6) is 0.142. The van der Waals surface area contributed by atoms with E-state index < -0.39 is 0 Å². The Bertz CT molecular complexity index is 366. The highest BCUT2D eigenvalue weighted by atomic mass is 32.1. The normalized spacial score (nSPS) is 18.5. The fraction of sp³-hybridized carbons (Fsp3) is 0.625. The number of nitrogens with two attached hydrogens (primary N) is 1. The van der Waals surface area contributed by atoms with E-state index in [0.717, 1.165) is 18.8 Å². The van der Waals surface area contributed by atoms with Gasteiger partial charge in [-0.05, 0) is 0 Å². The molecule has 6 nitrogen and oxygen atoms in total. The zero-order valence-corrected chi connectivity index (χ0v) is 9.33. The van der Waals surface area contributed by atoms with Crippen LogP contribution in [-0.2, 0) is 11.3 Å². The second kappa shape index (κ2) is 4.11. The molecule has 82 valence electrons. The van der Waals surface area contributed by atoms with Gasteiger partial charge in [0, 0.05) is 38.2 Å². The second-order valence-corrected chi connectivity index (χ2v) is 4.40. The Balaban J connectivity index is 1.96. The van der Waals surface area contributed by atoms with Crippen LogP contribution in [0.3, 0.4) is 0 Å². The fourth-order valence-corrected chi connectivity index (χ4v) is 1.92. The smallest absolute Gasteiger partial charge is 0.236 e. The molecule has 0 bridgehead atoms. The highest BCUT2D eigenvalue weighted by molar-refractivity contribution is 7.09. The number of hydrogen-bond donors (Lipinski definition) is 1. The van der Waals surface area contributed by atoms with Crippen molar-refractivity contribution in [1.29, 1.82) is 0 Å². The van der Waals surface area contributed by atoms with E-state index in [1.54, 1.807) is 4.90 Å². The van der Waals surface area contributed by atoms with Crippen LogP contribution >= 0.6 is 11.5 Å². The first-order chi connectivity index (χ1) is 7.16. The third-order valence-electron chi connectivity index (χ3n) is 2.49. The molecular weight excluding hydrogens is 214 g/mol. The van der Waals surface area contributed by atoms with E-state index in [0.29, 0.717) is 18.1 Å². The first-order valence-corrected chi connectivity index (χ1v) is 5.47. The molecule has 0 radical (unpaired) electrons. The van der Waals surface area contributed by atoms with Gasteiger partial charge in [0.2, 0.25) is 5.91 Å². The van der Waals surface area contributed by atoms with Crippen molar-refractivity contribution in [3.63, 3.8) is 0 Å². The number of hydrogen-bond acceptors (Lipinski definition) is 6. The van der Waals surface area contributed by atoms with Crippen LogP contribution in [0.4, 0.5) is 5.00 Å². The quantitative estimate of drug-likeness (QED) is 0.730. The predicted octanol–water partition coefficient (Wildman–Crippen LogP) is -0.606. The van der Waals surface area contributed by atoms with Crippen molar-refractivity contribution in [3.05, 3.63) is 5.69 Å². The van der Waals surface area contributed by atoms with Crippen LogP contribution in [0.15, 0.2) is 0 Å². The fourth-order valence-electron chi connectivity index (χ4n) is 1.48. The molecule has 0 aromatic carbocycles. The molecule has 0 saturated carbocycles. The van der Waals surface area contributed by atoms with E-state index in [9.17, 15) is 4.79 Å². The molecule has 7 heteroatoms. The van der Waals surface area contributed by atoms with Gasteiger partial charge < -0.3 is 10.6 Å². The largest absolute Gasteiger partial charge is 0.388 e. The average molecular weight is 227 g/mol. The summed E-state index contributed by atoms with van der Waals surface area (Å²) in [5.41, 5.74) is 6.47. The van der Waals surface area contributed by atoms with Gasteiger partial charge in [0.15, 0.2) is 0 Å². The van der Waals surface area contributed by atoms with Gasteiger partial charge in [-0.15, -0.1) is 5.10 Å². The molecule has 15 heavy (non-hydrogen) atoms. The van der Waals surface area contributed by atoms with Gasteiger partial charge in [0.25, 0.3) is 0 Å². The molecule has 1 aliphatic heterocycles. The number of nitrogen functional groups attached to an aromatic ring is 1. The van der Waals surface area contributed by atoms with Gasteiger partial charge in [0.05, 0.1) is 6.54 Å². The monoisotopic (exact) mass is 227 g/mol. The third-order valence-corrected chi connectivity index (χ3v) is 3.09. The number of carbonyl (C=O) groups excluding carboxylic acids is 1. The summed E-state index contributed by atoms with van der Waals surface area (Å²) >= 11 is 1.19. The second-order valence-electron chi connectivity index (χ2n) is 3.61. The lowest BCUT2D eigenvalue weighted by molar-refractivity contribution is -0.134. The maximum absolute atomic E-state index is 11.4. The minimum atomic E-state index is 0.142. The third kappa shape index (κ3) is 2.24. The summed E-state index contributed by atoms with van der Waals surface area (Å²) in [6.07, 6.45) is 0. The Morgan fingerprint density at radius 2 is 2.33 bits per heavy atom. The molecule has 1 aliphatic rings. The van der Waals surface area contributed by atoms with E-state index in [-0.39, 0.29) is 5.91 Å². The number of rotatable bonds is 2. The van der Waals surface area contributed by atoms with Crippen molar-refractivity contribution >= 4 is 22.4 Å². The summed E-state index contributed by atoms with van der Waals surface area (Å²) in [5, 5.41) is 4.57. The Labute approximate surface area is 91.8 Å². The predicted molar refractivity (Wildman–Crippen MR) is 57.2 cm³/mol. The van der Waals surface area contributed by atoms with Gasteiger partial charge in [-0.25, -0.2) is 0 Å². The molecule has 0 spiro atoms. The van der Waals surface area contributed by atoms with Gasteiger partial charge in [-0.2, -0.15) is 0 Å². The molecule has 1 saturated heterocycles. The summed E-state index contributed by atoms with van der Waals surface area (Å²) in [7, 11) is 1.82. The maximum atomic E-state index is 11.4. The van der Waals surface area contributed by atoms with Crippen LogP contribution in [0.2, 0.25) is 0 Å². The number of nitrogens with zero attached hydrogens (tertiary/aromatic N) is 4. The van der Waals surface area contributed by atoms with Crippen LogP contribution in [-0.4, -0.2) is 52.0 Å². The Morgan fingerprint density at radius 3 is 2.93 bits per heavy atom. The van der Waals surface area contributed by atoms with Crippen molar-refractivity contribution in [2.75, 3.05) is 32.4 Å². The molecule has 1 aromatic rings. The van der Waals surface area contributed by atoms with Crippen LogP contribution in [0.1, 0.15) is 5.69 Å². The molecule has 0 unspecified atom stereocenters. The van der Waals surface area contributed by atoms with E-state index in [1.165, 1.54) is 11.5 Å². The summed E-state index contributed by atoms with van der Waals surface area (Å²) in [6.45, 7) is 2.67. The van der Waals surface area contributed by atoms with Gasteiger partial charge in [0.1, 0.15) is 10.7 Å². The molecular formula is C8H13N5OS. The first-order valence-electron chi connectivity index (χ1n) is 4.70. The molecule has 0 aliphatic carbocycles. The van der Waals surface area contributed by atoms with E-state index in [4.69, 9.17) is 5.73 Å². The van der Waals surface area contributed by atoms with Crippen LogP contribution in [0, 0.1) is 0 Å². The number of carbonyl (C=O) groups is 1. The number of likely N-dealkylation sites (N-methyl/N-ethyl adjacent to an activating group) is 1. The van der Waals surface area contributed by atoms with Crippen molar-refractivity contribution in [2.45, 2.75) is 6.54 Å². The lowest BCUT2D eigenvalue weighted by atomic mass is 10.3. The van der Waals surface area contributed by atoms with Crippen molar-refractivity contribution in [1.82, 2.24) is 19.4 Å². The van der Waals surface area contributed by atoms with Crippen LogP contribution < -0.4 is 5.73 Å². The van der Waals surface area contributed by atoms with Crippen LogP contribution in [0.5, 0.6) is 0 Å². The van der Waals surface area contributed by atoms with Crippen molar-refractivity contribution in [2.24, 2.45) is 0 Å². The summed E-state index contributed by atoms with van der Waals surface area (Å²) < 4.78 is 3.77. The van der Waals surface area contributed by atoms with Crippen molar-refractivity contribution < 1.29 is 4.79 Å². The summed E-state index contributed by atoms with van der Waals surface area (Å²) in [4.78, 5) is 15.2. The van der Waals surface area contributed by atoms with E-state index in [1.807, 2.05) is 11.9 Å². The molecule has 2 N–H and O–H groups in total. The Hall–Kier alpha value is -1.21. The SMILES string of the molecule is CN1CCN(Cc2nnsc2N)CC1=O. The Morgan fingerprint density at radius 1 is 1.53 bits per heavy atom. The maximum Gasteiger partial charge on any atom is 0.236 e. The van der Waals surface area contributed by atoms with Crippen molar-refractivity contribution in [3.8, 4) is 0 Å². The number of anilines is 1. The average Bonchev–Trinajstić information content (AvgIpc) is 2.59. The number of aromatic nitrogens is 2. The van der Waals surface area contributed by atoms with Crippen LogP contribution in [0.25, 0.3) is 0 Å². The van der Waals surface area contributed by atoms with E-state index >= 15 is 0 Å². The van der Waals surface area contributed by atoms with Gasteiger partial charge >= 0.3 is 0 Å². The lowest BCUT2D eigenvalue weighted by Gasteiger charge is -2.31. The number of amides is 1. The molecule has 1 aromatic heterocycles. The standard InChI is InChI=1S/C8H13N5OS/c1-12-2-3-13(5-7(12)14)4-6-8(9)15-11-10-6/h2-5,9H2,1H3. The molecule has 1 amide bonds.